The standard InChI is InChI=1S/C18H25N3O4.ClH/c1-11-15-13(22)5-2-6-14(15)25-16(11)18(24)21-9-3-4-12(10-21)17(23)20-8-7-19;/h12H,2-10,19H2,1H3,(H,20,23);1H. The van der Waals surface area contributed by atoms with E-state index in [0.29, 0.717) is 55.9 Å². The highest BCUT2D eigenvalue weighted by Crippen LogP contribution is 2.30. The first kappa shape index (κ1) is 20.5. The second kappa shape index (κ2) is 8.68. The summed E-state index contributed by atoms with van der Waals surface area (Å²) >= 11 is 0. The number of aryl methyl sites for hydroxylation is 1. The molecule has 0 aromatic carbocycles. The van der Waals surface area contributed by atoms with Gasteiger partial charge in [-0.25, -0.2) is 0 Å². The van der Waals surface area contributed by atoms with E-state index < -0.39 is 0 Å². The minimum Gasteiger partial charge on any atom is -0.455 e. The average molecular weight is 384 g/mol. The van der Waals surface area contributed by atoms with Crippen LogP contribution in [0, 0.1) is 12.8 Å². The number of hydrogen-bond acceptors (Lipinski definition) is 5. The molecule has 144 valence electrons. The molecule has 0 radical (unpaired) electrons. The smallest absolute Gasteiger partial charge is 0.289 e. The Hall–Kier alpha value is -1.86. The molecule has 2 aliphatic rings. The molecule has 0 saturated carbocycles. The van der Waals surface area contributed by atoms with E-state index in [9.17, 15) is 14.4 Å². The minimum atomic E-state index is -0.226. The number of likely N-dealkylation sites (tertiary alicyclic amines) is 1. The third-order valence-corrected chi connectivity index (χ3v) is 5.02. The molecule has 3 rings (SSSR count). The molecule has 1 aliphatic heterocycles. The molecule has 1 saturated heterocycles. The third kappa shape index (κ3) is 3.94. The topological polar surface area (TPSA) is 106 Å². The molecule has 0 bridgehead atoms. The summed E-state index contributed by atoms with van der Waals surface area (Å²) < 4.78 is 5.75. The molecular weight excluding hydrogens is 358 g/mol. The van der Waals surface area contributed by atoms with Crippen LogP contribution in [0.15, 0.2) is 4.42 Å². The van der Waals surface area contributed by atoms with Crippen LogP contribution in [0.4, 0.5) is 0 Å². The van der Waals surface area contributed by atoms with E-state index in [2.05, 4.69) is 5.32 Å². The number of carbonyl (C=O) groups excluding carboxylic acids is 3. The molecule has 2 heterocycles. The molecule has 8 heteroatoms. The van der Waals surface area contributed by atoms with Gasteiger partial charge in [0, 0.05) is 44.6 Å². The number of nitrogens with two attached hydrogens (primary N) is 1. The van der Waals surface area contributed by atoms with Crippen LogP contribution in [0.5, 0.6) is 0 Å². The maximum atomic E-state index is 12.9. The van der Waals surface area contributed by atoms with Crippen molar-refractivity contribution in [1.29, 1.82) is 0 Å². The molecule has 1 fully saturated rings. The van der Waals surface area contributed by atoms with Crippen molar-refractivity contribution >= 4 is 30.0 Å². The summed E-state index contributed by atoms with van der Waals surface area (Å²) in [6, 6.07) is 0. The number of fused-ring (bicyclic) bond motifs is 1. The van der Waals surface area contributed by atoms with Crippen molar-refractivity contribution in [1.82, 2.24) is 10.2 Å². The Labute approximate surface area is 159 Å². The predicted octanol–water partition coefficient (Wildman–Crippen LogP) is 1.46. The van der Waals surface area contributed by atoms with Crippen molar-refractivity contribution in [2.75, 3.05) is 26.2 Å². The first-order valence-electron chi connectivity index (χ1n) is 8.95. The van der Waals surface area contributed by atoms with E-state index in [1.807, 2.05) is 0 Å². The number of rotatable bonds is 4. The molecule has 2 amide bonds. The predicted molar refractivity (Wildman–Crippen MR) is 98.7 cm³/mol. The van der Waals surface area contributed by atoms with Crippen LogP contribution >= 0.6 is 12.4 Å². The number of piperidine rings is 1. The number of Topliss-reactive ketones (excluding diaryl/α,β-unsaturated/α-hetero) is 1. The number of nitrogens with zero attached hydrogens (tertiary/aromatic N) is 1. The van der Waals surface area contributed by atoms with Crippen molar-refractivity contribution in [3.63, 3.8) is 0 Å². The fourth-order valence-corrected chi connectivity index (χ4v) is 3.71. The molecule has 1 aromatic heterocycles. The van der Waals surface area contributed by atoms with Crippen LogP contribution in [-0.2, 0) is 11.2 Å². The van der Waals surface area contributed by atoms with Crippen LogP contribution in [-0.4, -0.2) is 48.7 Å². The number of carbonyl (C=O) groups is 3. The third-order valence-electron chi connectivity index (χ3n) is 5.02. The summed E-state index contributed by atoms with van der Waals surface area (Å²) in [5.41, 5.74) is 6.64. The van der Waals surface area contributed by atoms with Crippen LogP contribution in [0.1, 0.15) is 57.9 Å². The van der Waals surface area contributed by atoms with Gasteiger partial charge in [0.05, 0.1) is 11.5 Å². The zero-order valence-electron chi connectivity index (χ0n) is 15.0. The monoisotopic (exact) mass is 383 g/mol. The summed E-state index contributed by atoms with van der Waals surface area (Å²) in [5, 5.41) is 2.79. The SMILES string of the molecule is Cc1c(C(=O)N2CCCC(C(=O)NCCN)C2)oc2c1C(=O)CCC2.Cl. The van der Waals surface area contributed by atoms with Crippen LogP contribution < -0.4 is 11.1 Å². The van der Waals surface area contributed by atoms with Gasteiger partial charge in [0.15, 0.2) is 11.5 Å². The highest BCUT2D eigenvalue weighted by molar-refractivity contribution is 6.03. The summed E-state index contributed by atoms with van der Waals surface area (Å²) in [6.07, 6.45) is 3.49. The van der Waals surface area contributed by atoms with Gasteiger partial charge in [-0.2, -0.15) is 0 Å². The molecule has 3 N–H and O–H groups in total. The molecule has 1 aliphatic carbocycles. The normalized spacial score (nSPS) is 19.5. The maximum absolute atomic E-state index is 12.9. The summed E-state index contributed by atoms with van der Waals surface area (Å²) in [5.74, 6) is 0.425. The van der Waals surface area contributed by atoms with Gasteiger partial charge in [0.1, 0.15) is 5.76 Å². The van der Waals surface area contributed by atoms with Gasteiger partial charge in [-0.05, 0) is 26.2 Å². The second-order valence-electron chi connectivity index (χ2n) is 6.80. The minimum absolute atomic E-state index is 0. The Morgan fingerprint density at radius 2 is 2.08 bits per heavy atom. The van der Waals surface area contributed by atoms with Gasteiger partial charge in [-0.15, -0.1) is 12.4 Å². The van der Waals surface area contributed by atoms with Gasteiger partial charge >= 0.3 is 0 Å². The number of amides is 2. The Balaban J connectivity index is 0.00000243. The Morgan fingerprint density at radius 1 is 1.31 bits per heavy atom. The molecule has 1 atom stereocenters. The van der Waals surface area contributed by atoms with Crippen molar-refractivity contribution in [2.45, 2.75) is 39.0 Å². The highest BCUT2D eigenvalue weighted by atomic mass is 35.5. The van der Waals surface area contributed by atoms with E-state index in [0.717, 1.165) is 19.3 Å². The summed E-state index contributed by atoms with van der Waals surface area (Å²) in [6.45, 7) is 3.57. The van der Waals surface area contributed by atoms with E-state index >= 15 is 0 Å². The van der Waals surface area contributed by atoms with E-state index in [1.54, 1.807) is 11.8 Å². The van der Waals surface area contributed by atoms with Gasteiger partial charge in [-0.3, -0.25) is 14.4 Å². The number of furan rings is 1. The van der Waals surface area contributed by atoms with E-state index in [1.165, 1.54) is 0 Å². The number of ketones is 1. The lowest BCUT2D eigenvalue weighted by Crippen LogP contribution is -2.46. The molecule has 1 aromatic rings. The Bertz CT molecular complexity index is 701. The van der Waals surface area contributed by atoms with Crippen LogP contribution in [0.25, 0.3) is 0 Å². The lowest BCUT2D eigenvalue weighted by atomic mass is 9.93. The van der Waals surface area contributed by atoms with E-state index in [4.69, 9.17) is 10.2 Å². The summed E-state index contributed by atoms with van der Waals surface area (Å²) in [7, 11) is 0. The zero-order chi connectivity index (χ0) is 18.0. The van der Waals surface area contributed by atoms with Crippen molar-refractivity contribution in [2.24, 2.45) is 11.7 Å². The molecular formula is C18H26ClN3O4. The number of nitrogens with one attached hydrogen (secondary N) is 1. The van der Waals surface area contributed by atoms with Crippen molar-refractivity contribution in [3.8, 4) is 0 Å². The van der Waals surface area contributed by atoms with Gasteiger partial charge in [0.2, 0.25) is 5.91 Å². The van der Waals surface area contributed by atoms with E-state index in [-0.39, 0.29) is 41.7 Å². The molecule has 1 unspecified atom stereocenters. The summed E-state index contributed by atoms with van der Waals surface area (Å²) in [4.78, 5) is 38.8. The Kier molecular flexibility index (Phi) is 6.83. The molecule has 7 nitrogen and oxygen atoms in total. The largest absolute Gasteiger partial charge is 0.455 e. The lowest BCUT2D eigenvalue weighted by molar-refractivity contribution is -0.126. The number of halogens is 1. The van der Waals surface area contributed by atoms with Gasteiger partial charge in [0.25, 0.3) is 5.91 Å². The zero-order valence-corrected chi connectivity index (χ0v) is 15.8. The fourth-order valence-electron chi connectivity index (χ4n) is 3.71. The first-order valence-corrected chi connectivity index (χ1v) is 8.95. The van der Waals surface area contributed by atoms with Gasteiger partial charge < -0.3 is 20.4 Å². The van der Waals surface area contributed by atoms with Gasteiger partial charge in [-0.1, -0.05) is 0 Å². The maximum Gasteiger partial charge on any atom is 0.289 e. The van der Waals surface area contributed by atoms with Crippen molar-refractivity contribution < 1.29 is 18.8 Å². The van der Waals surface area contributed by atoms with Crippen LogP contribution in [0.3, 0.4) is 0 Å². The average Bonchev–Trinajstić information content (AvgIpc) is 2.97. The molecule has 26 heavy (non-hydrogen) atoms. The fraction of sp³-hybridized carbons (Fsp3) is 0.611. The lowest BCUT2D eigenvalue weighted by Gasteiger charge is -2.31. The quantitative estimate of drug-likeness (QED) is 0.818. The first-order chi connectivity index (χ1) is 12.0. The van der Waals surface area contributed by atoms with Crippen molar-refractivity contribution in [3.05, 3.63) is 22.6 Å². The number of hydrogen-bond donors (Lipinski definition) is 2. The second-order valence-corrected chi connectivity index (χ2v) is 6.80. The highest BCUT2D eigenvalue weighted by Gasteiger charge is 2.34. The Morgan fingerprint density at radius 3 is 2.77 bits per heavy atom. The molecule has 0 spiro atoms. The van der Waals surface area contributed by atoms with Crippen LogP contribution in [0.2, 0.25) is 0 Å².